The maximum Gasteiger partial charge on any atom is 0.163 e. The molecule has 2 aliphatic heterocycles. The highest BCUT2D eigenvalue weighted by Gasteiger charge is 2.61. The maximum atomic E-state index is 11.1. The average Bonchev–Trinajstić information content (AvgIpc) is 3.38. The highest BCUT2D eigenvalue weighted by Crippen LogP contribution is 2.57. The first kappa shape index (κ1) is 20.1. The van der Waals surface area contributed by atoms with Crippen molar-refractivity contribution in [2.24, 2.45) is 0 Å². The van der Waals surface area contributed by atoms with Crippen LogP contribution in [0.1, 0.15) is 37.5 Å². The van der Waals surface area contributed by atoms with E-state index >= 15 is 0 Å². The molecule has 4 atom stereocenters. The summed E-state index contributed by atoms with van der Waals surface area (Å²) < 4.78 is 12.7. The summed E-state index contributed by atoms with van der Waals surface area (Å²) in [6.07, 6.45) is -0.862. The van der Waals surface area contributed by atoms with E-state index in [1.54, 1.807) is 0 Å². The number of aliphatic hydroxyl groups is 1. The molecule has 0 bridgehead atoms. The fourth-order valence-corrected chi connectivity index (χ4v) is 6.36. The van der Waals surface area contributed by atoms with Gasteiger partial charge in [-0.25, -0.2) is 0 Å². The Morgan fingerprint density at radius 1 is 0.844 bits per heavy atom. The zero-order valence-electron chi connectivity index (χ0n) is 18.7. The lowest BCUT2D eigenvalue weighted by atomic mass is 9.78. The van der Waals surface area contributed by atoms with Crippen LogP contribution in [-0.4, -0.2) is 46.7 Å². The largest absolute Gasteiger partial charge is 0.392 e. The highest BCUT2D eigenvalue weighted by atomic mass is 16.8. The lowest BCUT2D eigenvalue weighted by Gasteiger charge is -2.46. The van der Waals surface area contributed by atoms with E-state index in [4.69, 9.17) is 9.47 Å². The standard InChI is InChI=1S/C28H29NO3/c1-18(30)25-26-24(31-27(2,3)32-26)17-29(25)28(19-11-5-4-6-12-19)22-15-9-7-13-20(22)21-14-8-10-16-23(21)28/h4-16,18,24-26,30H,17H2,1-3H3/t18-,24+,25+,26+/m0/s1. The van der Waals surface area contributed by atoms with Gasteiger partial charge in [0, 0.05) is 6.54 Å². The SMILES string of the molecule is C[C@H](O)[C@@H]1[C@@H]2OC(C)(C)O[C@@H]2CN1C1(c2ccccc2)c2ccccc2-c2ccccc21. The van der Waals surface area contributed by atoms with Crippen molar-refractivity contribution in [3.63, 3.8) is 0 Å². The van der Waals surface area contributed by atoms with Gasteiger partial charge in [0.05, 0.1) is 17.7 Å². The Kier molecular flexibility index (Phi) is 4.40. The lowest BCUT2D eigenvalue weighted by Crippen LogP contribution is -2.55. The fourth-order valence-electron chi connectivity index (χ4n) is 6.36. The second kappa shape index (κ2) is 7.00. The number of hydrogen-bond acceptors (Lipinski definition) is 4. The molecule has 2 heterocycles. The third-order valence-electron chi connectivity index (χ3n) is 7.34. The van der Waals surface area contributed by atoms with Gasteiger partial charge >= 0.3 is 0 Å². The van der Waals surface area contributed by atoms with Crippen molar-refractivity contribution in [1.82, 2.24) is 4.90 Å². The molecule has 6 rings (SSSR count). The summed E-state index contributed by atoms with van der Waals surface area (Å²) in [5.41, 5.74) is 5.65. The number of hydrogen-bond donors (Lipinski definition) is 1. The Labute approximate surface area is 189 Å². The Morgan fingerprint density at radius 2 is 1.41 bits per heavy atom. The molecule has 0 amide bonds. The first-order valence-electron chi connectivity index (χ1n) is 11.5. The summed E-state index contributed by atoms with van der Waals surface area (Å²) in [6, 6.07) is 27.8. The predicted octanol–water partition coefficient (Wildman–Crippen LogP) is 4.54. The van der Waals surface area contributed by atoms with Crippen LogP contribution >= 0.6 is 0 Å². The molecule has 1 N–H and O–H groups in total. The van der Waals surface area contributed by atoms with Crippen molar-refractivity contribution in [2.45, 2.75) is 56.5 Å². The van der Waals surface area contributed by atoms with Crippen LogP contribution in [0.4, 0.5) is 0 Å². The molecular weight excluding hydrogens is 398 g/mol. The van der Waals surface area contributed by atoms with Crippen LogP contribution in [0.3, 0.4) is 0 Å². The maximum absolute atomic E-state index is 11.1. The van der Waals surface area contributed by atoms with Crippen LogP contribution in [-0.2, 0) is 15.0 Å². The van der Waals surface area contributed by atoms with Gasteiger partial charge in [0.2, 0.25) is 0 Å². The van der Waals surface area contributed by atoms with E-state index in [1.807, 2.05) is 20.8 Å². The minimum Gasteiger partial charge on any atom is -0.392 e. The van der Waals surface area contributed by atoms with Gasteiger partial charge in [-0.05, 0) is 48.6 Å². The minimum absolute atomic E-state index is 0.0925. The second-order valence-electron chi connectivity index (χ2n) is 9.69. The number of nitrogens with zero attached hydrogens (tertiary/aromatic N) is 1. The second-order valence-corrected chi connectivity index (χ2v) is 9.69. The molecule has 4 heteroatoms. The fraction of sp³-hybridized carbons (Fsp3) is 0.357. The monoisotopic (exact) mass is 427 g/mol. The van der Waals surface area contributed by atoms with E-state index in [-0.39, 0.29) is 18.2 Å². The third kappa shape index (κ3) is 2.64. The van der Waals surface area contributed by atoms with Gasteiger partial charge < -0.3 is 14.6 Å². The van der Waals surface area contributed by atoms with E-state index in [9.17, 15) is 5.11 Å². The molecule has 0 unspecified atom stereocenters. The predicted molar refractivity (Wildman–Crippen MR) is 124 cm³/mol. The highest BCUT2D eigenvalue weighted by molar-refractivity contribution is 5.83. The zero-order valence-corrected chi connectivity index (χ0v) is 18.7. The first-order valence-corrected chi connectivity index (χ1v) is 11.5. The molecular formula is C28H29NO3. The molecule has 2 saturated heterocycles. The van der Waals surface area contributed by atoms with E-state index < -0.39 is 17.4 Å². The van der Waals surface area contributed by atoms with Gasteiger partial charge in [-0.1, -0.05) is 78.9 Å². The van der Waals surface area contributed by atoms with Crippen molar-refractivity contribution >= 4 is 0 Å². The van der Waals surface area contributed by atoms with E-state index in [0.717, 1.165) is 0 Å². The summed E-state index contributed by atoms with van der Waals surface area (Å²) in [6.45, 7) is 6.48. The van der Waals surface area contributed by atoms with Crippen molar-refractivity contribution in [2.75, 3.05) is 6.54 Å². The Bertz CT molecular complexity index is 1110. The summed E-state index contributed by atoms with van der Waals surface area (Å²) in [4.78, 5) is 2.45. The van der Waals surface area contributed by atoms with E-state index in [1.165, 1.54) is 27.8 Å². The summed E-state index contributed by atoms with van der Waals surface area (Å²) in [5, 5.41) is 11.1. The van der Waals surface area contributed by atoms with Crippen molar-refractivity contribution in [3.8, 4) is 11.1 Å². The average molecular weight is 428 g/mol. The van der Waals surface area contributed by atoms with Gasteiger partial charge in [-0.2, -0.15) is 0 Å². The van der Waals surface area contributed by atoms with Gasteiger partial charge in [0.15, 0.2) is 5.79 Å². The molecule has 3 aliphatic rings. The first-order chi connectivity index (χ1) is 15.4. The summed E-state index contributed by atoms with van der Waals surface area (Å²) >= 11 is 0. The number of aliphatic hydroxyl groups excluding tert-OH is 1. The van der Waals surface area contributed by atoms with Crippen molar-refractivity contribution in [3.05, 3.63) is 95.6 Å². The smallest absolute Gasteiger partial charge is 0.163 e. The Balaban J connectivity index is 1.64. The normalized spacial score (nSPS) is 28.2. The summed E-state index contributed by atoms with van der Waals surface area (Å²) in [7, 11) is 0. The third-order valence-corrected chi connectivity index (χ3v) is 7.34. The number of ether oxygens (including phenoxy) is 2. The van der Waals surface area contributed by atoms with Crippen LogP contribution in [0.5, 0.6) is 0 Å². The molecule has 2 fully saturated rings. The van der Waals surface area contributed by atoms with Crippen molar-refractivity contribution < 1.29 is 14.6 Å². The minimum atomic E-state index is -0.639. The van der Waals surface area contributed by atoms with Crippen molar-refractivity contribution in [1.29, 1.82) is 0 Å². The molecule has 4 nitrogen and oxygen atoms in total. The van der Waals surface area contributed by atoms with Crippen LogP contribution < -0.4 is 0 Å². The van der Waals surface area contributed by atoms with E-state index in [2.05, 4.69) is 83.8 Å². The van der Waals surface area contributed by atoms with Gasteiger partial charge in [-0.15, -0.1) is 0 Å². The van der Waals surface area contributed by atoms with Crippen LogP contribution in [0.15, 0.2) is 78.9 Å². The molecule has 32 heavy (non-hydrogen) atoms. The molecule has 3 aromatic carbocycles. The van der Waals surface area contributed by atoms with E-state index in [0.29, 0.717) is 6.54 Å². The topological polar surface area (TPSA) is 41.9 Å². The van der Waals surface area contributed by atoms with Crippen LogP contribution in [0, 0.1) is 0 Å². The molecule has 0 radical (unpaired) electrons. The van der Waals surface area contributed by atoms with Gasteiger partial charge in [0.25, 0.3) is 0 Å². The Morgan fingerprint density at radius 3 is 2.00 bits per heavy atom. The summed E-state index contributed by atoms with van der Waals surface area (Å²) in [5.74, 6) is -0.639. The number of benzene rings is 3. The molecule has 0 spiro atoms. The molecule has 164 valence electrons. The van der Waals surface area contributed by atoms with Crippen LogP contribution in [0.2, 0.25) is 0 Å². The van der Waals surface area contributed by atoms with Gasteiger partial charge in [0.1, 0.15) is 12.2 Å². The quantitative estimate of drug-likeness (QED) is 0.666. The molecule has 0 aromatic heterocycles. The number of fused-ring (bicyclic) bond motifs is 4. The Hall–Kier alpha value is -2.50. The van der Waals surface area contributed by atoms with Crippen LogP contribution in [0.25, 0.3) is 11.1 Å². The zero-order chi connectivity index (χ0) is 22.1. The molecule has 0 saturated carbocycles. The molecule has 3 aromatic rings. The number of rotatable bonds is 3. The number of likely N-dealkylation sites (tertiary alicyclic amines) is 1. The van der Waals surface area contributed by atoms with Gasteiger partial charge in [-0.3, -0.25) is 4.90 Å². The molecule has 1 aliphatic carbocycles. The lowest BCUT2D eigenvalue weighted by molar-refractivity contribution is -0.171.